The molecule has 0 aliphatic carbocycles. The summed E-state index contributed by atoms with van der Waals surface area (Å²) in [6.07, 6.45) is 4.84. The normalized spacial score (nSPS) is 14.1. The van der Waals surface area contributed by atoms with Gasteiger partial charge in [-0.3, -0.25) is 0 Å². The molecule has 2 nitrogen and oxygen atoms in total. The monoisotopic (exact) mass is 263 g/mol. The summed E-state index contributed by atoms with van der Waals surface area (Å²) in [5, 5.41) is 3.59. The van der Waals surface area contributed by atoms with Crippen LogP contribution < -0.4 is 10.1 Å². The third-order valence-electron chi connectivity index (χ3n) is 3.34. The van der Waals surface area contributed by atoms with Crippen LogP contribution in [0.3, 0.4) is 0 Å². The Morgan fingerprint density at radius 1 is 1.16 bits per heavy atom. The van der Waals surface area contributed by atoms with E-state index in [1.165, 1.54) is 12.0 Å². The van der Waals surface area contributed by atoms with Crippen molar-refractivity contribution in [1.29, 1.82) is 0 Å². The van der Waals surface area contributed by atoms with Gasteiger partial charge in [0.15, 0.2) is 0 Å². The quantitative estimate of drug-likeness (QED) is 0.697. The summed E-state index contributed by atoms with van der Waals surface area (Å²) in [7, 11) is 0. The van der Waals surface area contributed by atoms with Crippen LogP contribution in [0.2, 0.25) is 0 Å². The van der Waals surface area contributed by atoms with Crippen molar-refractivity contribution in [2.45, 2.75) is 65.5 Å². The standard InChI is InChI=1S/C17H29NO/c1-5-9-14(4)19-16-11-8-10-15(13-16)17(7-3)18-12-6-2/h8,10-11,13-14,17-18H,5-7,9,12H2,1-4H3. The molecule has 0 amide bonds. The SMILES string of the molecule is CCCNC(CC)c1cccc(OC(C)CCC)c1. The van der Waals surface area contributed by atoms with Gasteiger partial charge in [0, 0.05) is 6.04 Å². The van der Waals surface area contributed by atoms with E-state index in [4.69, 9.17) is 4.74 Å². The predicted octanol–water partition coefficient (Wildman–Crippen LogP) is 4.70. The Hall–Kier alpha value is -1.02. The fourth-order valence-electron chi connectivity index (χ4n) is 2.32. The molecule has 108 valence electrons. The molecule has 1 aromatic carbocycles. The molecule has 0 aromatic heterocycles. The van der Waals surface area contributed by atoms with Crippen molar-refractivity contribution in [3.63, 3.8) is 0 Å². The van der Waals surface area contributed by atoms with E-state index >= 15 is 0 Å². The average molecular weight is 263 g/mol. The molecule has 0 saturated heterocycles. The first-order chi connectivity index (χ1) is 9.21. The number of hydrogen-bond acceptors (Lipinski definition) is 2. The lowest BCUT2D eigenvalue weighted by Crippen LogP contribution is -2.21. The maximum atomic E-state index is 5.97. The highest BCUT2D eigenvalue weighted by atomic mass is 16.5. The lowest BCUT2D eigenvalue weighted by molar-refractivity contribution is 0.209. The summed E-state index contributed by atoms with van der Waals surface area (Å²) in [5.74, 6) is 0.996. The summed E-state index contributed by atoms with van der Waals surface area (Å²) in [5.41, 5.74) is 1.33. The van der Waals surface area contributed by atoms with Crippen molar-refractivity contribution < 1.29 is 4.74 Å². The van der Waals surface area contributed by atoms with E-state index in [1.54, 1.807) is 0 Å². The van der Waals surface area contributed by atoms with Gasteiger partial charge in [-0.05, 0) is 50.4 Å². The fourth-order valence-corrected chi connectivity index (χ4v) is 2.32. The molecule has 0 spiro atoms. The van der Waals surface area contributed by atoms with Crippen molar-refractivity contribution in [3.05, 3.63) is 29.8 Å². The van der Waals surface area contributed by atoms with Gasteiger partial charge in [0.05, 0.1) is 6.10 Å². The second-order valence-corrected chi connectivity index (χ2v) is 5.20. The van der Waals surface area contributed by atoms with Crippen molar-refractivity contribution in [2.24, 2.45) is 0 Å². The first kappa shape index (κ1) is 16.0. The molecule has 0 saturated carbocycles. The van der Waals surface area contributed by atoms with Crippen molar-refractivity contribution in [3.8, 4) is 5.75 Å². The summed E-state index contributed by atoms with van der Waals surface area (Å²) in [6.45, 7) is 9.82. The van der Waals surface area contributed by atoms with Gasteiger partial charge in [0.2, 0.25) is 0 Å². The Morgan fingerprint density at radius 3 is 2.58 bits per heavy atom. The largest absolute Gasteiger partial charge is 0.491 e. The van der Waals surface area contributed by atoms with Gasteiger partial charge < -0.3 is 10.1 Å². The zero-order chi connectivity index (χ0) is 14.1. The summed E-state index contributed by atoms with van der Waals surface area (Å²) < 4.78 is 5.97. The number of benzene rings is 1. The smallest absolute Gasteiger partial charge is 0.120 e. The summed E-state index contributed by atoms with van der Waals surface area (Å²) >= 11 is 0. The zero-order valence-electron chi connectivity index (χ0n) is 12.9. The number of rotatable bonds is 9. The highest BCUT2D eigenvalue weighted by Gasteiger charge is 2.10. The number of nitrogens with one attached hydrogen (secondary N) is 1. The van der Waals surface area contributed by atoms with Crippen LogP contribution in [-0.4, -0.2) is 12.6 Å². The molecular weight excluding hydrogens is 234 g/mol. The van der Waals surface area contributed by atoms with E-state index in [1.807, 2.05) is 0 Å². The van der Waals surface area contributed by atoms with E-state index in [-0.39, 0.29) is 0 Å². The van der Waals surface area contributed by atoms with Gasteiger partial charge in [0.1, 0.15) is 5.75 Å². The molecular formula is C17H29NO. The molecule has 0 aliphatic heterocycles. The molecule has 2 heteroatoms. The number of hydrogen-bond donors (Lipinski definition) is 1. The Kier molecular flexibility index (Phi) is 7.57. The van der Waals surface area contributed by atoms with Crippen molar-refractivity contribution in [2.75, 3.05) is 6.54 Å². The molecule has 0 radical (unpaired) electrons. The van der Waals surface area contributed by atoms with Crippen LogP contribution in [0.5, 0.6) is 5.75 Å². The van der Waals surface area contributed by atoms with Crippen LogP contribution in [0, 0.1) is 0 Å². The fraction of sp³-hybridized carbons (Fsp3) is 0.647. The van der Waals surface area contributed by atoms with E-state index in [2.05, 4.69) is 57.3 Å². The van der Waals surface area contributed by atoms with Crippen LogP contribution in [0.15, 0.2) is 24.3 Å². The van der Waals surface area contributed by atoms with Gasteiger partial charge in [-0.15, -0.1) is 0 Å². The third kappa shape index (κ3) is 5.65. The molecule has 1 N–H and O–H groups in total. The Balaban J connectivity index is 2.68. The summed E-state index contributed by atoms with van der Waals surface area (Å²) in [6, 6.07) is 8.96. The van der Waals surface area contributed by atoms with Gasteiger partial charge >= 0.3 is 0 Å². The zero-order valence-corrected chi connectivity index (χ0v) is 12.9. The topological polar surface area (TPSA) is 21.3 Å². The van der Waals surface area contributed by atoms with E-state index < -0.39 is 0 Å². The Labute approximate surface area is 118 Å². The summed E-state index contributed by atoms with van der Waals surface area (Å²) in [4.78, 5) is 0. The predicted molar refractivity (Wildman–Crippen MR) is 82.8 cm³/mol. The van der Waals surface area contributed by atoms with Crippen LogP contribution in [-0.2, 0) is 0 Å². The average Bonchev–Trinajstić information content (AvgIpc) is 2.40. The molecule has 1 aromatic rings. The maximum Gasteiger partial charge on any atom is 0.120 e. The second kappa shape index (κ2) is 8.98. The molecule has 2 atom stereocenters. The van der Waals surface area contributed by atoms with E-state index in [0.29, 0.717) is 12.1 Å². The lowest BCUT2D eigenvalue weighted by Gasteiger charge is -2.19. The van der Waals surface area contributed by atoms with Crippen LogP contribution >= 0.6 is 0 Å². The van der Waals surface area contributed by atoms with E-state index in [0.717, 1.165) is 31.6 Å². The lowest BCUT2D eigenvalue weighted by atomic mass is 10.0. The van der Waals surface area contributed by atoms with Crippen LogP contribution in [0.25, 0.3) is 0 Å². The minimum absolute atomic E-state index is 0.295. The van der Waals surface area contributed by atoms with Crippen molar-refractivity contribution in [1.82, 2.24) is 5.32 Å². The molecule has 0 aliphatic rings. The minimum atomic E-state index is 0.295. The highest BCUT2D eigenvalue weighted by molar-refractivity contribution is 5.30. The second-order valence-electron chi connectivity index (χ2n) is 5.20. The molecule has 0 heterocycles. The third-order valence-corrected chi connectivity index (χ3v) is 3.34. The highest BCUT2D eigenvalue weighted by Crippen LogP contribution is 2.23. The molecule has 2 unspecified atom stereocenters. The first-order valence-corrected chi connectivity index (χ1v) is 7.71. The maximum absolute atomic E-state index is 5.97. The van der Waals surface area contributed by atoms with E-state index in [9.17, 15) is 0 Å². The molecule has 0 bridgehead atoms. The Bertz CT molecular complexity index is 351. The Morgan fingerprint density at radius 2 is 1.95 bits per heavy atom. The molecule has 1 rings (SSSR count). The minimum Gasteiger partial charge on any atom is -0.491 e. The van der Waals surface area contributed by atoms with Gasteiger partial charge in [-0.1, -0.05) is 39.3 Å². The van der Waals surface area contributed by atoms with Crippen LogP contribution in [0.4, 0.5) is 0 Å². The number of ether oxygens (including phenoxy) is 1. The molecule has 19 heavy (non-hydrogen) atoms. The molecule has 0 fully saturated rings. The van der Waals surface area contributed by atoms with Crippen molar-refractivity contribution >= 4 is 0 Å². The first-order valence-electron chi connectivity index (χ1n) is 7.71. The van der Waals surface area contributed by atoms with Gasteiger partial charge in [-0.25, -0.2) is 0 Å². The van der Waals surface area contributed by atoms with Crippen LogP contribution in [0.1, 0.15) is 65.0 Å². The van der Waals surface area contributed by atoms with Gasteiger partial charge in [0.25, 0.3) is 0 Å². The van der Waals surface area contributed by atoms with Gasteiger partial charge in [-0.2, -0.15) is 0 Å².